The molecule has 2 heterocycles. The van der Waals surface area contributed by atoms with E-state index in [-0.39, 0.29) is 0 Å². The molecule has 2 aromatic heterocycles. The SMILES string of the molecule is CCOc1ccc(Oc2cc(CNC(=NC)NCCc3ccc(Cl)nc3)ccn2)cc1. The number of nitrogens with one attached hydrogen (secondary N) is 2. The van der Waals surface area contributed by atoms with E-state index in [9.17, 15) is 0 Å². The van der Waals surface area contributed by atoms with Crippen molar-refractivity contribution in [1.29, 1.82) is 0 Å². The zero-order chi connectivity index (χ0) is 21.9. The van der Waals surface area contributed by atoms with Crippen LogP contribution in [-0.2, 0) is 13.0 Å². The number of hydrogen-bond acceptors (Lipinski definition) is 5. The van der Waals surface area contributed by atoms with Crippen LogP contribution in [-0.4, -0.2) is 36.1 Å². The van der Waals surface area contributed by atoms with Crippen LogP contribution in [0.15, 0.2) is 65.9 Å². The molecule has 2 N–H and O–H groups in total. The predicted molar refractivity (Wildman–Crippen MR) is 123 cm³/mol. The number of halogens is 1. The Morgan fingerprint density at radius 3 is 2.52 bits per heavy atom. The Morgan fingerprint density at radius 2 is 1.81 bits per heavy atom. The first-order valence-electron chi connectivity index (χ1n) is 10.1. The van der Waals surface area contributed by atoms with E-state index in [2.05, 4.69) is 25.6 Å². The monoisotopic (exact) mass is 439 g/mol. The molecule has 0 saturated heterocycles. The third kappa shape index (κ3) is 7.46. The summed E-state index contributed by atoms with van der Waals surface area (Å²) in [6, 6.07) is 15.1. The second-order valence-electron chi connectivity index (χ2n) is 6.60. The Hall–Kier alpha value is -3.32. The normalized spacial score (nSPS) is 11.1. The van der Waals surface area contributed by atoms with E-state index in [0.717, 1.165) is 29.8 Å². The van der Waals surface area contributed by atoms with Gasteiger partial charge in [-0.15, -0.1) is 0 Å². The third-order valence-corrected chi connectivity index (χ3v) is 4.56. The van der Waals surface area contributed by atoms with Crippen LogP contribution in [0.1, 0.15) is 18.1 Å². The van der Waals surface area contributed by atoms with Gasteiger partial charge in [-0.25, -0.2) is 9.97 Å². The van der Waals surface area contributed by atoms with E-state index in [1.807, 2.05) is 49.4 Å². The van der Waals surface area contributed by atoms with Crippen LogP contribution in [0.4, 0.5) is 0 Å². The van der Waals surface area contributed by atoms with Crippen molar-refractivity contribution in [2.24, 2.45) is 4.99 Å². The summed E-state index contributed by atoms with van der Waals surface area (Å²) in [7, 11) is 1.74. The highest BCUT2D eigenvalue weighted by atomic mass is 35.5. The van der Waals surface area contributed by atoms with Crippen molar-refractivity contribution in [2.75, 3.05) is 20.2 Å². The summed E-state index contributed by atoms with van der Waals surface area (Å²) in [5.74, 6) is 2.76. The molecule has 0 aliphatic carbocycles. The zero-order valence-electron chi connectivity index (χ0n) is 17.6. The standard InChI is InChI=1S/C23H26ClN5O2/c1-3-30-19-5-7-20(8-6-19)31-22-14-18(11-12-26-22)16-29-23(25-2)27-13-10-17-4-9-21(24)28-15-17/h4-9,11-12,14-15H,3,10,13,16H2,1-2H3,(H2,25,27,29). The van der Waals surface area contributed by atoms with Gasteiger partial charge in [0, 0.05) is 38.6 Å². The Bertz CT molecular complexity index is 978. The second kappa shape index (κ2) is 11.8. The average molecular weight is 440 g/mol. The lowest BCUT2D eigenvalue weighted by atomic mass is 10.2. The smallest absolute Gasteiger partial charge is 0.219 e. The van der Waals surface area contributed by atoms with Crippen LogP contribution in [0.2, 0.25) is 5.15 Å². The summed E-state index contributed by atoms with van der Waals surface area (Å²) in [6.07, 6.45) is 4.33. The Morgan fingerprint density at radius 1 is 1.00 bits per heavy atom. The Labute approximate surface area is 187 Å². The average Bonchev–Trinajstić information content (AvgIpc) is 2.79. The van der Waals surface area contributed by atoms with Crippen LogP contribution in [0.3, 0.4) is 0 Å². The molecule has 8 heteroatoms. The lowest BCUT2D eigenvalue weighted by Crippen LogP contribution is -2.37. The number of aromatic nitrogens is 2. The van der Waals surface area contributed by atoms with Gasteiger partial charge >= 0.3 is 0 Å². The van der Waals surface area contributed by atoms with Gasteiger partial charge in [-0.2, -0.15) is 0 Å². The molecule has 0 atom stereocenters. The maximum absolute atomic E-state index is 5.85. The molecule has 7 nitrogen and oxygen atoms in total. The first-order valence-corrected chi connectivity index (χ1v) is 10.4. The van der Waals surface area contributed by atoms with Crippen molar-refractivity contribution in [1.82, 2.24) is 20.6 Å². The highest BCUT2D eigenvalue weighted by molar-refractivity contribution is 6.29. The number of guanidine groups is 1. The molecule has 0 aliphatic rings. The fourth-order valence-electron chi connectivity index (χ4n) is 2.79. The highest BCUT2D eigenvalue weighted by Crippen LogP contribution is 2.23. The van der Waals surface area contributed by atoms with Gasteiger partial charge in [-0.3, -0.25) is 4.99 Å². The summed E-state index contributed by atoms with van der Waals surface area (Å²) in [6.45, 7) is 3.90. The molecule has 0 fully saturated rings. The number of nitrogens with zero attached hydrogens (tertiary/aromatic N) is 3. The van der Waals surface area contributed by atoms with Gasteiger partial charge in [-0.1, -0.05) is 17.7 Å². The van der Waals surface area contributed by atoms with Gasteiger partial charge in [-0.05, 0) is 60.9 Å². The predicted octanol–water partition coefficient (Wildman–Crippen LogP) is 4.23. The lowest BCUT2D eigenvalue weighted by Gasteiger charge is -2.12. The fourth-order valence-corrected chi connectivity index (χ4v) is 2.91. The second-order valence-corrected chi connectivity index (χ2v) is 6.99. The molecule has 0 saturated carbocycles. The highest BCUT2D eigenvalue weighted by Gasteiger charge is 2.04. The fraction of sp³-hybridized carbons (Fsp3) is 0.261. The minimum absolute atomic E-state index is 0.498. The minimum atomic E-state index is 0.498. The van der Waals surface area contributed by atoms with E-state index in [4.69, 9.17) is 21.1 Å². The number of benzene rings is 1. The molecule has 3 aromatic rings. The van der Waals surface area contributed by atoms with E-state index in [0.29, 0.717) is 35.9 Å². The van der Waals surface area contributed by atoms with Crippen molar-refractivity contribution in [2.45, 2.75) is 19.9 Å². The topological polar surface area (TPSA) is 80.7 Å². The molecule has 0 amide bonds. The number of pyridine rings is 2. The molecule has 3 rings (SSSR count). The number of rotatable bonds is 9. The first kappa shape index (κ1) is 22.4. The first-order chi connectivity index (χ1) is 15.2. The molecular weight excluding hydrogens is 414 g/mol. The van der Waals surface area contributed by atoms with Gasteiger partial charge in [0.1, 0.15) is 16.7 Å². The quantitative estimate of drug-likeness (QED) is 0.295. The van der Waals surface area contributed by atoms with Crippen LogP contribution < -0.4 is 20.1 Å². The summed E-state index contributed by atoms with van der Waals surface area (Å²) < 4.78 is 11.3. The molecule has 0 bridgehead atoms. The van der Waals surface area contributed by atoms with Crippen molar-refractivity contribution >= 4 is 17.6 Å². The Balaban J connectivity index is 1.48. The van der Waals surface area contributed by atoms with Gasteiger partial charge < -0.3 is 20.1 Å². The van der Waals surface area contributed by atoms with Gasteiger partial charge in [0.15, 0.2) is 5.96 Å². The van der Waals surface area contributed by atoms with Crippen molar-refractivity contribution in [3.8, 4) is 17.4 Å². The van der Waals surface area contributed by atoms with Crippen LogP contribution in [0.5, 0.6) is 17.4 Å². The molecule has 31 heavy (non-hydrogen) atoms. The van der Waals surface area contributed by atoms with E-state index in [1.54, 1.807) is 25.5 Å². The molecule has 1 aromatic carbocycles. The summed E-state index contributed by atoms with van der Waals surface area (Å²) in [5, 5.41) is 7.09. The number of ether oxygens (including phenoxy) is 2. The molecular formula is C23H26ClN5O2. The van der Waals surface area contributed by atoms with Crippen molar-refractivity contribution in [3.63, 3.8) is 0 Å². The minimum Gasteiger partial charge on any atom is -0.494 e. The molecule has 0 unspecified atom stereocenters. The van der Waals surface area contributed by atoms with E-state index < -0.39 is 0 Å². The third-order valence-electron chi connectivity index (χ3n) is 4.33. The lowest BCUT2D eigenvalue weighted by molar-refractivity contribution is 0.339. The van der Waals surface area contributed by atoms with Crippen molar-refractivity contribution < 1.29 is 9.47 Å². The van der Waals surface area contributed by atoms with Crippen LogP contribution in [0, 0.1) is 0 Å². The maximum atomic E-state index is 5.85. The van der Waals surface area contributed by atoms with Gasteiger partial charge in [0.25, 0.3) is 0 Å². The van der Waals surface area contributed by atoms with Crippen molar-refractivity contribution in [3.05, 3.63) is 77.2 Å². The van der Waals surface area contributed by atoms with Gasteiger partial charge in [0.05, 0.1) is 6.61 Å². The molecule has 0 spiro atoms. The summed E-state index contributed by atoms with van der Waals surface area (Å²) in [4.78, 5) is 12.6. The number of hydrogen-bond donors (Lipinski definition) is 2. The van der Waals surface area contributed by atoms with Gasteiger partial charge in [0.2, 0.25) is 5.88 Å². The van der Waals surface area contributed by atoms with E-state index >= 15 is 0 Å². The molecule has 162 valence electrons. The van der Waals surface area contributed by atoms with E-state index in [1.165, 1.54) is 0 Å². The zero-order valence-corrected chi connectivity index (χ0v) is 18.4. The summed E-state index contributed by atoms with van der Waals surface area (Å²) in [5.41, 5.74) is 2.14. The molecule has 0 radical (unpaired) electrons. The summed E-state index contributed by atoms with van der Waals surface area (Å²) >= 11 is 5.82. The van der Waals surface area contributed by atoms with Crippen LogP contribution in [0.25, 0.3) is 0 Å². The largest absolute Gasteiger partial charge is 0.494 e. The Kier molecular flexibility index (Phi) is 8.48. The van der Waals surface area contributed by atoms with Crippen LogP contribution >= 0.6 is 11.6 Å². The molecule has 0 aliphatic heterocycles. The maximum Gasteiger partial charge on any atom is 0.219 e. The number of aliphatic imine (C=N–C) groups is 1.